The predicted octanol–water partition coefficient (Wildman–Crippen LogP) is 3.09. The molecule has 2 heterocycles. The molecule has 2 atom stereocenters. The highest BCUT2D eigenvalue weighted by atomic mass is 79.9. The fraction of sp³-hybridized carbons (Fsp3) is 0.923. The van der Waals surface area contributed by atoms with E-state index in [1.54, 1.807) is 0 Å². The number of fused-ring (bicyclic) bond motifs is 2. The maximum Gasteiger partial charge on any atom is 0.226 e. The molecule has 3 fully saturated rings. The molecule has 2 saturated heterocycles. The fourth-order valence-corrected chi connectivity index (χ4v) is 4.72. The van der Waals surface area contributed by atoms with Crippen molar-refractivity contribution < 1.29 is 4.79 Å². The average molecular weight is 286 g/mol. The van der Waals surface area contributed by atoms with Crippen LogP contribution in [0.25, 0.3) is 0 Å². The number of hydrogen-bond acceptors (Lipinski definition) is 1. The van der Waals surface area contributed by atoms with Crippen molar-refractivity contribution in [3.05, 3.63) is 0 Å². The Morgan fingerprint density at radius 3 is 2.12 bits per heavy atom. The molecule has 3 heteroatoms. The van der Waals surface area contributed by atoms with Gasteiger partial charge in [0.1, 0.15) is 0 Å². The minimum absolute atomic E-state index is 0.370. The number of amides is 1. The van der Waals surface area contributed by atoms with E-state index >= 15 is 0 Å². The van der Waals surface area contributed by atoms with Gasteiger partial charge in [0.15, 0.2) is 0 Å². The number of carbonyl (C=O) groups is 1. The van der Waals surface area contributed by atoms with Crippen LogP contribution in [0.15, 0.2) is 0 Å². The molecular weight excluding hydrogens is 266 g/mol. The molecule has 1 aliphatic carbocycles. The first-order valence-electron chi connectivity index (χ1n) is 6.72. The Bertz CT molecular complexity index is 274. The van der Waals surface area contributed by atoms with Crippen LogP contribution >= 0.6 is 15.9 Å². The molecule has 2 aliphatic heterocycles. The molecule has 1 saturated carbocycles. The summed E-state index contributed by atoms with van der Waals surface area (Å²) in [6, 6.07) is 1.10. The summed E-state index contributed by atoms with van der Waals surface area (Å²) in [6.45, 7) is 0. The van der Waals surface area contributed by atoms with Crippen molar-refractivity contribution >= 4 is 21.8 Å². The number of halogens is 1. The van der Waals surface area contributed by atoms with Crippen LogP contribution < -0.4 is 0 Å². The third kappa shape index (κ3) is 1.81. The van der Waals surface area contributed by atoms with Crippen LogP contribution in [0.1, 0.15) is 51.4 Å². The number of alkyl halides is 1. The summed E-state index contributed by atoms with van der Waals surface area (Å²) >= 11 is 3.73. The number of piperidine rings is 1. The second-order valence-electron chi connectivity index (χ2n) is 5.68. The van der Waals surface area contributed by atoms with E-state index in [0.29, 0.717) is 28.7 Å². The van der Waals surface area contributed by atoms with Crippen LogP contribution in [0.5, 0.6) is 0 Å². The molecule has 2 unspecified atom stereocenters. The van der Waals surface area contributed by atoms with Gasteiger partial charge in [-0.3, -0.25) is 4.79 Å². The monoisotopic (exact) mass is 285 g/mol. The van der Waals surface area contributed by atoms with E-state index in [-0.39, 0.29) is 0 Å². The normalized spacial score (nSPS) is 39.3. The molecule has 16 heavy (non-hydrogen) atoms. The van der Waals surface area contributed by atoms with E-state index in [2.05, 4.69) is 20.8 Å². The highest BCUT2D eigenvalue weighted by Crippen LogP contribution is 2.40. The van der Waals surface area contributed by atoms with Gasteiger partial charge in [-0.15, -0.1) is 0 Å². The van der Waals surface area contributed by atoms with E-state index in [0.717, 1.165) is 12.8 Å². The second kappa shape index (κ2) is 4.32. The minimum Gasteiger partial charge on any atom is -0.336 e. The summed E-state index contributed by atoms with van der Waals surface area (Å²) in [4.78, 5) is 15.4. The van der Waals surface area contributed by atoms with Crippen LogP contribution in [-0.2, 0) is 4.79 Å². The lowest BCUT2D eigenvalue weighted by molar-refractivity contribution is -0.139. The third-order valence-corrected chi connectivity index (χ3v) is 5.38. The van der Waals surface area contributed by atoms with Crippen LogP contribution in [-0.4, -0.2) is 27.7 Å². The summed E-state index contributed by atoms with van der Waals surface area (Å²) in [5.74, 6) is 0.861. The molecule has 0 aromatic carbocycles. The Morgan fingerprint density at radius 2 is 1.56 bits per heavy atom. The summed E-state index contributed by atoms with van der Waals surface area (Å²) < 4.78 is 0. The number of nitrogens with zero attached hydrogens (tertiary/aromatic N) is 1. The lowest BCUT2D eigenvalue weighted by Crippen LogP contribution is -2.48. The smallest absolute Gasteiger partial charge is 0.226 e. The lowest BCUT2D eigenvalue weighted by Gasteiger charge is -2.38. The van der Waals surface area contributed by atoms with Gasteiger partial charge in [0.2, 0.25) is 5.91 Å². The Kier molecular flexibility index (Phi) is 2.99. The molecule has 3 aliphatic rings. The zero-order chi connectivity index (χ0) is 11.1. The van der Waals surface area contributed by atoms with Crippen LogP contribution in [0, 0.1) is 5.92 Å². The molecular formula is C13H20BrNO. The fourth-order valence-electron chi connectivity index (χ4n) is 3.85. The first-order valence-corrected chi connectivity index (χ1v) is 7.63. The largest absolute Gasteiger partial charge is 0.336 e. The molecule has 3 rings (SSSR count). The molecule has 0 aromatic rings. The molecule has 0 N–H and O–H groups in total. The van der Waals surface area contributed by atoms with Crippen molar-refractivity contribution in [2.75, 3.05) is 0 Å². The Balaban J connectivity index is 1.72. The summed E-state index contributed by atoms with van der Waals surface area (Å²) in [7, 11) is 0. The lowest BCUT2D eigenvalue weighted by atomic mass is 9.98. The quantitative estimate of drug-likeness (QED) is 0.678. The SMILES string of the molecule is O=C(C1CCCC1)N1C2CCC1CC(Br)C2. The van der Waals surface area contributed by atoms with Crippen LogP contribution in [0.3, 0.4) is 0 Å². The standard InChI is InChI=1S/C13H20BrNO/c14-10-7-11-5-6-12(8-10)15(11)13(16)9-3-1-2-4-9/h9-12H,1-8H2. The van der Waals surface area contributed by atoms with Gasteiger partial charge in [-0.2, -0.15) is 0 Å². The van der Waals surface area contributed by atoms with Crippen molar-refractivity contribution in [1.82, 2.24) is 4.90 Å². The summed E-state index contributed by atoms with van der Waals surface area (Å²) in [5.41, 5.74) is 0. The maximum atomic E-state index is 12.5. The summed E-state index contributed by atoms with van der Waals surface area (Å²) in [6.07, 6.45) is 9.65. The first-order chi connectivity index (χ1) is 7.75. The number of rotatable bonds is 1. The van der Waals surface area contributed by atoms with Gasteiger partial charge in [-0.25, -0.2) is 0 Å². The molecule has 0 radical (unpaired) electrons. The molecule has 2 nitrogen and oxygen atoms in total. The Hall–Kier alpha value is -0.0500. The van der Waals surface area contributed by atoms with E-state index in [1.807, 2.05) is 0 Å². The molecule has 0 spiro atoms. The average Bonchev–Trinajstić information content (AvgIpc) is 2.85. The minimum atomic E-state index is 0.370. The van der Waals surface area contributed by atoms with Gasteiger partial charge < -0.3 is 4.90 Å². The van der Waals surface area contributed by atoms with Crippen LogP contribution in [0.2, 0.25) is 0 Å². The van der Waals surface area contributed by atoms with Crippen molar-refractivity contribution in [2.45, 2.75) is 68.3 Å². The van der Waals surface area contributed by atoms with Gasteiger partial charge in [0.05, 0.1) is 0 Å². The highest BCUT2D eigenvalue weighted by molar-refractivity contribution is 9.09. The van der Waals surface area contributed by atoms with E-state index in [9.17, 15) is 4.79 Å². The van der Waals surface area contributed by atoms with Gasteiger partial charge in [0.25, 0.3) is 0 Å². The maximum absolute atomic E-state index is 12.5. The molecule has 90 valence electrons. The van der Waals surface area contributed by atoms with Gasteiger partial charge in [-0.1, -0.05) is 28.8 Å². The van der Waals surface area contributed by atoms with E-state index in [1.165, 1.54) is 38.5 Å². The zero-order valence-electron chi connectivity index (χ0n) is 9.70. The number of hydrogen-bond donors (Lipinski definition) is 0. The molecule has 0 aromatic heterocycles. The van der Waals surface area contributed by atoms with Gasteiger partial charge >= 0.3 is 0 Å². The van der Waals surface area contributed by atoms with Crippen molar-refractivity contribution in [1.29, 1.82) is 0 Å². The van der Waals surface area contributed by atoms with Gasteiger partial charge in [-0.05, 0) is 38.5 Å². The van der Waals surface area contributed by atoms with Crippen molar-refractivity contribution in [3.8, 4) is 0 Å². The highest BCUT2D eigenvalue weighted by Gasteiger charge is 2.44. The van der Waals surface area contributed by atoms with Gasteiger partial charge in [0, 0.05) is 22.8 Å². The second-order valence-corrected chi connectivity index (χ2v) is 6.98. The Morgan fingerprint density at radius 1 is 1.00 bits per heavy atom. The van der Waals surface area contributed by atoms with Crippen LogP contribution in [0.4, 0.5) is 0 Å². The van der Waals surface area contributed by atoms with Crippen molar-refractivity contribution in [2.24, 2.45) is 5.92 Å². The van der Waals surface area contributed by atoms with E-state index < -0.39 is 0 Å². The third-order valence-electron chi connectivity index (χ3n) is 4.63. The Labute approximate surface area is 106 Å². The van der Waals surface area contributed by atoms with Crippen molar-refractivity contribution in [3.63, 3.8) is 0 Å². The van der Waals surface area contributed by atoms with E-state index in [4.69, 9.17) is 0 Å². The first kappa shape index (κ1) is 11.1. The predicted molar refractivity (Wildman–Crippen MR) is 67.6 cm³/mol. The molecule has 1 amide bonds. The topological polar surface area (TPSA) is 20.3 Å². The summed E-state index contributed by atoms with van der Waals surface area (Å²) in [5, 5.41) is 0. The molecule has 2 bridgehead atoms. The number of carbonyl (C=O) groups excluding carboxylic acids is 1. The zero-order valence-corrected chi connectivity index (χ0v) is 11.3.